The van der Waals surface area contributed by atoms with Crippen molar-refractivity contribution in [3.05, 3.63) is 5.82 Å². The summed E-state index contributed by atoms with van der Waals surface area (Å²) in [5.41, 5.74) is 5.59. The molecule has 0 amide bonds. The Balaban J connectivity index is 2.53. The lowest BCUT2D eigenvalue weighted by molar-refractivity contribution is 0.164. The number of rotatable bonds is 0. The van der Waals surface area contributed by atoms with Crippen LogP contribution in [0.2, 0.25) is 0 Å². The van der Waals surface area contributed by atoms with Gasteiger partial charge in [-0.05, 0) is 6.92 Å². The van der Waals surface area contributed by atoms with Crippen LogP contribution >= 0.6 is 0 Å². The van der Waals surface area contributed by atoms with Crippen LogP contribution in [0.15, 0.2) is 0 Å². The van der Waals surface area contributed by atoms with Crippen LogP contribution < -0.4 is 15.2 Å². The Hall–Kier alpha value is -1.52. The van der Waals surface area contributed by atoms with E-state index in [0.717, 1.165) is 0 Å². The molecule has 0 spiro atoms. The number of nitrogens with zero attached hydrogens (tertiary/aromatic N) is 2. The molecule has 0 saturated carbocycles. The van der Waals surface area contributed by atoms with Crippen LogP contribution in [0.1, 0.15) is 5.82 Å². The van der Waals surface area contributed by atoms with E-state index in [0.29, 0.717) is 36.5 Å². The third kappa shape index (κ3) is 1.03. The van der Waals surface area contributed by atoms with Crippen LogP contribution in [-0.2, 0) is 0 Å². The molecule has 1 aromatic rings. The van der Waals surface area contributed by atoms with Crippen molar-refractivity contribution in [2.45, 2.75) is 6.92 Å². The van der Waals surface area contributed by atoms with E-state index in [9.17, 15) is 0 Å². The zero-order valence-electron chi connectivity index (χ0n) is 6.70. The van der Waals surface area contributed by atoms with Gasteiger partial charge in [0.05, 0.1) is 0 Å². The van der Waals surface area contributed by atoms with Gasteiger partial charge >= 0.3 is 0 Å². The van der Waals surface area contributed by atoms with Gasteiger partial charge < -0.3 is 15.2 Å². The Morgan fingerprint density at radius 2 is 2.00 bits per heavy atom. The molecule has 0 radical (unpaired) electrons. The monoisotopic (exact) mass is 167 g/mol. The summed E-state index contributed by atoms with van der Waals surface area (Å²) in [4.78, 5) is 7.98. The number of aryl methyl sites for hydroxylation is 1. The first kappa shape index (κ1) is 7.15. The van der Waals surface area contributed by atoms with Gasteiger partial charge in [-0.3, -0.25) is 0 Å². The average Bonchev–Trinajstić information content (AvgIpc) is 2.04. The number of anilines is 1. The van der Waals surface area contributed by atoms with Gasteiger partial charge in [-0.25, -0.2) is 4.98 Å². The SMILES string of the molecule is Cc1nc(N)c2c(n1)OCCO2. The van der Waals surface area contributed by atoms with Crippen LogP contribution in [0.4, 0.5) is 5.82 Å². The molecule has 0 fully saturated rings. The first-order valence-corrected chi connectivity index (χ1v) is 3.67. The highest BCUT2D eigenvalue weighted by Crippen LogP contribution is 2.31. The number of fused-ring (bicyclic) bond motifs is 1. The minimum atomic E-state index is 0.345. The largest absolute Gasteiger partial charge is 0.482 e. The number of nitrogens with two attached hydrogens (primary N) is 1. The molecule has 5 heteroatoms. The number of nitrogen functional groups attached to an aromatic ring is 1. The smallest absolute Gasteiger partial charge is 0.262 e. The number of ether oxygens (including phenoxy) is 2. The molecule has 0 unspecified atom stereocenters. The molecule has 0 aromatic carbocycles. The van der Waals surface area contributed by atoms with Gasteiger partial charge in [-0.15, -0.1) is 0 Å². The van der Waals surface area contributed by atoms with Crippen molar-refractivity contribution in [2.24, 2.45) is 0 Å². The van der Waals surface area contributed by atoms with Crippen LogP contribution in [0.25, 0.3) is 0 Å². The molecule has 12 heavy (non-hydrogen) atoms. The Morgan fingerprint density at radius 3 is 2.83 bits per heavy atom. The topological polar surface area (TPSA) is 70.3 Å². The number of hydrogen-bond donors (Lipinski definition) is 1. The van der Waals surface area contributed by atoms with Crippen molar-refractivity contribution < 1.29 is 9.47 Å². The maximum absolute atomic E-state index is 5.59. The van der Waals surface area contributed by atoms with Crippen molar-refractivity contribution in [1.82, 2.24) is 9.97 Å². The summed E-state index contributed by atoms with van der Waals surface area (Å²) in [5, 5.41) is 0. The van der Waals surface area contributed by atoms with Gasteiger partial charge in [0.2, 0.25) is 5.75 Å². The summed E-state index contributed by atoms with van der Waals surface area (Å²) < 4.78 is 10.5. The van der Waals surface area contributed by atoms with E-state index in [-0.39, 0.29) is 0 Å². The maximum atomic E-state index is 5.59. The third-order valence-electron chi connectivity index (χ3n) is 1.54. The fraction of sp³-hybridized carbons (Fsp3) is 0.429. The fourth-order valence-corrected chi connectivity index (χ4v) is 1.07. The molecule has 1 aliphatic heterocycles. The van der Waals surface area contributed by atoms with Gasteiger partial charge in [-0.1, -0.05) is 0 Å². The van der Waals surface area contributed by atoms with E-state index in [1.165, 1.54) is 0 Å². The lowest BCUT2D eigenvalue weighted by atomic mass is 10.4. The molecule has 2 rings (SSSR count). The van der Waals surface area contributed by atoms with Gasteiger partial charge in [0.25, 0.3) is 5.88 Å². The van der Waals surface area contributed by atoms with E-state index in [1.54, 1.807) is 6.92 Å². The zero-order chi connectivity index (χ0) is 8.55. The second-order valence-electron chi connectivity index (χ2n) is 2.49. The molecule has 0 atom stereocenters. The highest BCUT2D eigenvalue weighted by Gasteiger charge is 2.17. The van der Waals surface area contributed by atoms with Crippen LogP contribution in [0, 0.1) is 6.92 Å². The quantitative estimate of drug-likeness (QED) is 0.595. The van der Waals surface area contributed by atoms with E-state index in [4.69, 9.17) is 15.2 Å². The van der Waals surface area contributed by atoms with Gasteiger partial charge in [0.15, 0.2) is 5.82 Å². The first-order valence-electron chi connectivity index (χ1n) is 3.67. The molecular weight excluding hydrogens is 158 g/mol. The van der Waals surface area contributed by atoms with Crippen molar-refractivity contribution in [2.75, 3.05) is 18.9 Å². The highest BCUT2D eigenvalue weighted by molar-refractivity contribution is 5.52. The summed E-state index contributed by atoms with van der Waals surface area (Å²) in [6.07, 6.45) is 0. The predicted octanol–water partition coefficient (Wildman–Crippen LogP) is 0.138. The lowest BCUT2D eigenvalue weighted by Gasteiger charge is -2.17. The van der Waals surface area contributed by atoms with Gasteiger partial charge in [0.1, 0.15) is 19.0 Å². The van der Waals surface area contributed by atoms with Crippen LogP contribution in [0.5, 0.6) is 11.6 Å². The van der Waals surface area contributed by atoms with Crippen LogP contribution in [0.3, 0.4) is 0 Å². The van der Waals surface area contributed by atoms with Gasteiger partial charge in [0, 0.05) is 0 Å². The molecule has 1 aliphatic rings. The Kier molecular flexibility index (Phi) is 1.49. The second-order valence-corrected chi connectivity index (χ2v) is 2.49. The minimum Gasteiger partial charge on any atom is -0.482 e. The summed E-state index contributed by atoms with van der Waals surface area (Å²) in [6.45, 7) is 2.78. The standard InChI is InChI=1S/C7H9N3O2/c1-4-9-6(8)5-7(10-4)12-3-2-11-5/h2-3H2,1H3,(H2,8,9,10). The molecule has 0 saturated heterocycles. The molecular formula is C7H9N3O2. The van der Waals surface area contributed by atoms with Crippen molar-refractivity contribution in [1.29, 1.82) is 0 Å². The van der Waals surface area contributed by atoms with Crippen molar-refractivity contribution in [3.8, 4) is 11.6 Å². The number of aromatic nitrogens is 2. The Labute approximate surface area is 69.5 Å². The summed E-state index contributed by atoms with van der Waals surface area (Å²) in [6, 6.07) is 0. The Bertz CT molecular complexity index is 314. The molecule has 5 nitrogen and oxygen atoms in total. The van der Waals surface area contributed by atoms with Crippen molar-refractivity contribution in [3.63, 3.8) is 0 Å². The molecule has 2 heterocycles. The molecule has 1 aromatic heterocycles. The van der Waals surface area contributed by atoms with E-state index in [2.05, 4.69) is 9.97 Å². The lowest BCUT2D eigenvalue weighted by Crippen LogP contribution is -2.18. The highest BCUT2D eigenvalue weighted by atomic mass is 16.6. The van der Waals surface area contributed by atoms with E-state index >= 15 is 0 Å². The average molecular weight is 167 g/mol. The zero-order valence-corrected chi connectivity index (χ0v) is 6.70. The van der Waals surface area contributed by atoms with E-state index < -0.39 is 0 Å². The minimum absolute atomic E-state index is 0.345. The normalized spacial score (nSPS) is 14.4. The van der Waals surface area contributed by atoms with E-state index in [1.807, 2.05) is 0 Å². The van der Waals surface area contributed by atoms with Crippen molar-refractivity contribution >= 4 is 5.82 Å². The second kappa shape index (κ2) is 2.51. The maximum Gasteiger partial charge on any atom is 0.262 e. The fourth-order valence-electron chi connectivity index (χ4n) is 1.07. The molecule has 64 valence electrons. The molecule has 0 bridgehead atoms. The third-order valence-corrected chi connectivity index (χ3v) is 1.54. The Morgan fingerprint density at radius 1 is 1.25 bits per heavy atom. The van der Waals surface area contributed by atoms with Gasteiger partial charge in [-0.2, -0.15) is 4.98 Å². The molecule has 0 aliphatic carbocycles. The number of hydrogen-bond acceptors (Lipinski definition) is 5. The van der Waals surface area contributed by atoms with Crippen LogP contribution in [-0.4, -0.2) is 23.2 Å². The first-order chi connectivity index (χ1) is 5.77. The summed E-state index contributed by atoms with van der Waals surface area (Å²) in [5.74, 6) is 1.85. The summed E-state index contributed by atoms with van der Waals surface area (Å²) in [7, 11) is 0. The predicted molar refractivity (Wildman–Crippen MR) is 42.2 cm³/mol. The molecule has 2 N–H and O–H groups in total. The summed E-state index contributed by atoms with van der Waals surface area (Å²) >= 11 is 0.